The van der Waals surface area contributed by atoms with E-state index in [1.807, 2.05) is 4.72 Å². The second-order valence-electron chi connectivity index (χ2n) is 4.86. The van der Waals surface area contributed by atoms with Crippen molar-refractivity contribution >= 4 is 37.1 Å². The molecule has 0 spiro atoms. The molecule has 0 saturated carbocycles. The van der Waals surface area contributed by atoms with Gasteiger partial charge in [-0.1, -0.05) is 24.3 Å². The molecule has 9 heteroatoms. The number of rotatable bonds is 3. The highest BCUT2D eigenvalue weighted by molar-refractivity contribution is 7.93. The van der Waals surface area contributed by atoms with Gasteiger partial charge in [0.25, 0.3) is 10.0 Å². The molecule has 2 aromatic carbocycles. The number of hydrogen-bond acceptors (Lipinski definition) is 3. The molecule has 0 bridgehead atoms. The summed E-state index contributed by atoms with van der Waals surface area (Å²) in [6.07, 6.45) is -4.68. The molecule has 0 radical (unpaired) electrons. The van der Waals surface area contributed by atoms with Gasteiger partial charge in [0.1, 0.15) is 10.8 Å². The number of halogens is 4. The lowest BCUT2D eigenvalue weighted by Gasteiger charge is -2.12. The predicted molar refractivity (Wildman–Crippen MR) is 84.0 cm³/mol. The van der Waals surface area contributed by atoms with Crippen LogP contribution < -0.4 is 4.72 Å². The minimum absolute atomic E-state index is 0.0719. The van der Waals surface area contributed by atoms with Gasteiger partial charge in [-0.3, -0.25) is 4.72 Å². The lowest BCUT2D eigenvalue weighted by molar-refractivity contribution is -0.136. The molecule has 0 atom stereocenters. The molecular weight excluding hydrogens is 366 g/mol. The fraction of sp³-hybridized carbons (Fsp3) is 0.0667. The summed E-state index contributed by atoms with van der Waals surface area (Å²) in [6, 6.07) is 8.65. The van der Waals surface area contributed by atoms with Crippen LogP contribution in [-0.4, -0.2) is 8.42 Å². The highest BCUT2D eigenvalue weighted by Crippen LogP contribution is 2.39. The minimum Gasteiger partial charge on any atom is -0.270 e. The van der Waals surface area contributed by atoms with E-state index in [1.54, 1.807) is 0 Å². The maximum atomic E-state index is 13.8. The number of sulfonamides is 1. The lowest BCUT2D eigenvalue weighted by atomic mass is 10.1. The molecule has 3 aromatic rings. The number of hydrogen-bond donors (Lipinski definition) is 1. The van der Waals surface area contributed by atoms with E-state index in [-0.39, 0.29) is 15.7 Å². The Morgan fingerprint density at radius 1 is 0.958 bits per heavy atom. The molecule has 0 saturated heterocycles. The predicted octanol–water partition coefficient (Wildman–Crippen LogP) is 4.86. The summed E-state index contributed by atoms with van der Waals surface area (Å²) in [5.41, 5.74) is -1.07. The second-order valence-corrected chi connectivity index (χ2v) is 7.42. The summed E-state index contributed by atoms with van der Waals surface area (Å²) in [4.78, 5) is -0.291. The smallest absolute Gasteiger partial charge is 0.270 e. The van der Waals surface area contributed by atoms with Crippen molar-refractivity contribution in [3.05, 3.63) is 59.2 Å². The summed E-state index contributed by atoms with van der Waals surface area (Å²) >= 11 is 0.622. The Hall–Kier alpha value is -2.13. The van der Waals surface area contributed by atoms with Gasteiger partial charge in [-0.15, -0.1) is 11.3 Å². The van der Waals surface area contributed by atoms with Gasteiger partial charge in [-0.05, 0) is 23.6 Å². The molecule has 24 heavy (non-hydrogen) atoms. The Kier molecular flexibility index (Phi) is 4.00. The number of benzene rings is 2. The van der Waals surface area contributed by atoms with E-state index in [9.17, 15) is 26.0 Å². The van der Waals surface area contributed by atoms with Crippen LogP contribution in [-0.2, 0) is 16.2 Å². The summed E-state index contributed by atoms with van der Waals surface area (Å²) in [7, 11) is -4.32. The molecule has 1 N–H and O–H groups in total. The molecule has 126 valence electrons. The van der Waals surface area contributed by atoms with E-state index in [0.717, 1.165) is 23.6 Å². The third-order valence-electron chi connectivity index (χ3n) is 3.32. The van der Waals surface area contributed by atoms with Crippen molar-refractivity contribution in [2.45, 2.75) is 11.1 Å². The van der Waals surface area contributed by atoms with Crippen LogP contribution in [0.3, 0.4) is 0 Å². The van der Waals surface area contributed by atoms with E-state index in [1.165, 1.54) is 24.3 Å². The van der Waals surface area contributed by atoms with E-state index in [2.05, 4.69) is 0 Å². The number of fused-ring (bicyclic) bond motifs is 1. The normalized spacial score (nSPS) is 12.5. The van der Waals surface area contributed by atoms with Crippen molar-refractivity contribution in [3.63, 3.8) is 0 Å². The second kappa shape index (κ2) is 5.75. The third-order valence-corrected chi connectivity index (χ3v) is 5.68. The van der Waals surface area contributed by atoms with Gasteiger partial charge in [0, 0.05) is 10.8 Å². The van der Waals surface area contributed by atoms with Crippen molar-refractivity contribution in [1.29, 1.82) is 0 Å². The maximum absolute atomic E-state index is 13.8. The van der Waals surface area contributed by atoms with Crippen molar-refractivity contribution in [2.24, 2.45) is 0 Å². The molecule has 0 aliphatic heterocycles. The van der Waals surface area contributed by atoms with Crippen LogP contribution >= 0.6 is 11.3 Å². The lowest BCUT2D eigenvalue weighted by Crippen LogP contribution is -2.16. The van der Waals surface area contributed by atoms with Crippen LogP contribution in [0.15, 0.2) is 52.7 Å². The maximum Gasteiger partial charge on any atom is 0.419 e. The molecule has 1 aromatic heterocycles. The Morgan fingerprint density at radius 3 is 2.29 bits per heavy atom. The number of alkyl halides is 3. The van der Waals surface area contributed by atoms with Crippen molar-refractivity contribution in [3.8, 4) is 0 Å². The Bertz CT molecular complexity index is 1010. The van der Waals surface area contributed by atoms with Gasteiger partial charge < -0.3 is 0 Å². The zero-order chi connectivity index (χ0) is 17.5. The average molecular weight is 375 g/mol. The average Bonchev–Trinajstić information content (AvgIpc) is 2.95. The van der Waals surface area contributed by atoms with Crippen LogP contribution in [0.1, 0.15) is 5.56 Å². The molecule has 3 nitrogen and oxygen atoms in total. The summed E-state index contributed by atoms with van der Waals surface area (Å²) < 4.78 is 79.4. The largest absolute Gasteiger partial charge is 0.419 e. The molecule has 0 fully saturated rings. The van der Waals surface area contributed by atoms with E-state index >= 15 is 0 Å². The first-order chi connectivity index (χ1) is 11.2. The molecule has 0 unspecified atom stereocenters. The monoisotopic (exact) mass is 375 g/mol. The summed E-state index contributed by atoms with van der Waals surface area (Å²) in [6.45, 7) is 0. The molecule has 0 amide bonds. The van der Waals surface area contributed by atoms with Crippen LogP contribution in [0, 0.1) is 5.82 Å². The Labute approximate surface area is 138 Å². The molecule has 0 aliphatic rings. The van der Waals surface area contributed by atoms with Crippen LogP contribution in [0.4, 0.5) is 22.6 Å². The topological polar surface area (TPSA) is 46.2 Å². The fourth-order valence-corrected chi connectivity index (χ4v) is 4.61. The standard InChI is InChI=1S/C15H9F4NO2S2/c16-12-5-6-13(10-4-2-1-3-9(10)12)24(21,22)20-14-11(7-8-23-14)15(17,18)19/h1-8,20H. The van der Waals surface area contributed by atoms with E-state index in [0.29, 0.717) is 11.3 Å². The molecule has 3 rings (SSSR count). The van der Waals surface area contributed by atoms with Crippen molar-refractivity contribution < 1.29 is 26.0 Å². The zero-order valence-electron chi connectivity index (χ0n) is 11.8. The van der Waals surface area contributed by atoms with E-state index in [4.69, 9.17) is 0 Å². The third kappa shape index (κ3) is 2.96. The Balaban J connectivity index is 2.11. The van der Waals surface area contributed by atoms with E-state index < -0.39 is 32.6 Å². The highest BCUT2D eigenvalue weighted by Gasteiger charge is 2.35. The minimum atomic E-state index is -4.68. The number of thiophene rings is 1. The van der Waals surface area contributed by atoms with Crippen LogP contribution in [0.2, 0.25) is 0 Å². The van der Waals surface area contributed by atoms with Gasteiger partial charge >= 0.3 is 6.18 Å². The van der Waals surface area contributed by atoms with Gasteiger partial charge in [-0.2, -0.15) is 13.2 Å². The van der Waals surface area contributed by atoms with Crippen molar-refractivity contribution in [1.82, 2.24) is 0 Å². The Morgan fingerprint density at radius 2 is 1.62 bits per heavy atom. The summed E-state index contributed by atoms with van der Waals surface area (Å²) in [5, 5.41) is 0.775. The first-order valence-corrected chi connectivity index (χ1v) is 8.91. The van der Waals surface area contributed by atoms with Gasteiger partial charge in [0.05, 0.1) is 10.5 Å². The molecule has 1 heterocycles. The quantitative estimate of drug-likeness (QED) is 0.665. The summed E-state index contributed by atoms with van der Waals surface area (Å²) in [5.74, 6) is -0.614. The number of nitrogens with one attached hydrogen (secondary N) is 1. The zero-order valence-corrected chi connectivity index (χ0v) is 13.4. The first kappa shape index (κ1) is 16.7. The van der Waals surface area contributed by atoms with Crippen LogP contribution in [0.25, 0.3) is 10.8 Å². The molecule has 0 aliphatic carbocycles. The highest BCUT2D eigenvalue weighted by atomic mass is 32.2. The van der Waals surface area contributed by atoms with Crippen LogP contribution in [0.5, 0.6) is 0 Å². The SMILES string of the molecule is O=S(=O)(Nc1sccc1C(F)(F)F)c1ccc(F)c2ccccc12. The first-order valence-electron chi connectivity index (χ1n) is 6.55. The van der Waals surface area contributed by atoms with Gasteiger partial charge in [-0.25, -0.2) is 12.8 Å². The van der Waals surface area contributed by atoms with Gasteiger partial charge in [0.15, 0.2) is 0 Å². The van der Waals surface area contributed by atoms with Crippen molar-refractivity contribution in [2.75, 3.05) is 4.72 Å². The number of anilines is 1. The fourth-order valence-electron chi connectivity index (χ4n) is 2.26. The molecular formula is C15H9F4NO2S2. The van der Waals surface area contributed by atoms with Gasteiger partial charge in [0.2, 0.25) is 0 Å².